The Bertz CT molecular complexity index is 1030. The van der Waals surface area contributed by atoms with Gasteiger partial charge in [0, 0.05) is 30.1 Å². The Balaban J connectivity index is 1.90. The molecule has 1 heterocycles. The van der Waals surface area contributed by atoms with E-state index in [0.717, 1.165) is 34.4 Å². The van der Waals surface area contributed by atoms with E-state index in [1.165, 1.54) is 11.6 Å². The van der Waals surface area contributed by atoms with Gasteiger partial charge in [0.1, 0.15) is 17.1 Å². The van der Waals surface area contributed by atoms with Crippen LogP contribution in [0.3, 0.4) is 0 Å². The summed E-state index contributed by atoms with van der Waals surface area (Å²) < 4.78 is 10.8. The molecule has 0 saturated carbocycles. The minimum atomic E-state index is -0.407. The summed E-state index contributed by atoms with van der Waals surface area (Å²) in [5.41, 5.74) is 4.91. The highest BCUT2D eigenvalue weighted by atomic mass is 16.5. The van der Waals surface area contributed by atoms with Crippen molar-refractivity contribution < 1.29 is 14.3 Å². The van der Waals surface area contributed by atoms with Gasteiger partial charge in [-0.05, 0) is 62.2 Å². The molecular formula is C22H25NO4. The molecule has 3 rings (SSSR count). The number of aromatic hydroxyl groups is 1. The molecule has 0 spiro atoms. The lowest BCUT2D eigenvalue weighted by atomic mass is 10.0. The monoisotopic (exact) mass is 367 g/mol. The number of hydrogen-bond donors (Lipinski definition) is 1. The molecule has 3 aromatic rings. The third-order valence-corrected chi connectivity index (χ3v) is 4.83. The summed E-state index contributed by atoms with van der Waals surface area (Å²) in [4.78, 5) is 14.1. The summed E-state index contributed by atoms with van der Waals surface area (Å²) in [7, 11) is 3.70. The highest BCUT2D eigenvalue weighted by Crippen LogP contribution is 2.28. The number of rotatable bonds is 5. The quantitative estimate of drug-likeness (QED) is 0.689. The van der Waals surface area contributed by atoms with Crippen LogP contribution in [0, 0.1) is 20.8 Å². The fraction of sp³-hybridized carbons (Fsp3) is 0.318. The summed E-state index contributed by atoms with van der Waals surface area (Å²) in [6.45, 7) is 7.17. The molecule has 0 fully saturated rings. The van der Waals surface area contributed by atoms with Gasteiger partial charge >= 0.3 is 5.63 Å². The molecule has 0 aliphatic rings. The molecule has 0 aliphatic heterocycles. The normalized spacial score (nSPS) is 11.3. The molecule has 0 unspecified atom stereocenters. The Hall–Kier alpha value is -2.79. The van der Waals surface area contributed by atoms with Gasteiger partial charge in [0.05, 0.1) is 7.11 Å². The van der Waals surface area contributed by atoms with E-state index in [4.69, 9.17) is 9.15 Å². The van der Waals surface area contributed by atoms with E-state index in [2.05, 4.69) is 17.0 Å². The molecule has 5 nitrogen and oxygen atoms in total. The van der Waals surface area contributed by atoms with Gasteiger partial charge in [-0.2, -0.15) is 0 Å². The third-order valence-electron chi connectivity index (χ3n) is 4.83. The number of phenols is 1. The van der Waals surface area contributed by atoms with Crippen molar-refractivity contribution in [1.82, 2.24) is 4.90 Å². The molecule has 0 amide bonds. The van der Waals surface area contributed by atoms with E-state index in [1.54, 1.807) is 26.2 Å². The molecule has 1 N–H and O–H groups in total. The Morgan fingerprint density at radius 3 is 2.37 bits per heavy atom. The van der Waals surface area contributed by atoms with E-state index in [0.29, 0.717) is 17.7 Å². The third kappa shape index (κ3) is 3.83. The standard InChI is InChI=1S/C22H25NO4/c1-13-8-16(9-14(2)21(13)26-5)11-23(4)12-17-10-20(25)27-22-15(3)19(24)7-6-18(17)22/h6-10,24H,11-12H2,1-5H3. The first-order valence-electron chi connectivity index (χ1n) is 8.88. The molecule has 142 valence electrons. The topological polar surface area (TPSA) is 62.9 Å². The van der Waals surface area contributed by atoms with Gasteiger partial charge < -0.3 is 14.3 Å². The van der Waals surface area contributed by atoms with Gasteiger partial charge in [-0.25, -0.2) is 4.79 Å². The van der Waals surface area contributed by atoms with Crippen LogP contribution in [0.15, 0.2) is 39.5 Å². The number of phenolic OH excluding ortho intramolecular Hbond substituents is 1. The highest BCUT2D eigenvalue weighted by Gasteiger charge is 2.13. The summed E-state index contributed by atoms with van der Waals surface area (Å²) in [5, 5.41) is 10.7. The summed E-state index contributed by atoms with van der Waals surface area (Å²) in [5.74, 6) is 1.05. The largest absolute Gasteiger partial charge is 0.508 e. The zero-order valence-electron chi connectivity index (χ0n) is 16.4. The lowest BCUT2D eigenvalue weighted by molar-refractivity contribution is 0.319. The number of fused-ring (bicyclic) bond motifs is 1. The predicted octanol–water partition coefficient (Wildman–Crippen LogP) is 4.06. The van der Waals surface area contributed by atoms with Crippen molar-refractivity contribution in [2.45, 2.75) is 33.9 Å². The van der Waals surface area contributed by atoms with Crippen molar-refractivity contribution in [3.8, 4) is 11.5 Å². The van der Waals surface area contributed by atoms with Crippen LogP contribution in [-0.4, -0.2) is 24.2 Å². The zero-order valence-corrected chi connectivity index (χ0v) is 16.4. The number of ether oxygens (including phenoxy) is 1. The van der Waals surface area contributed by atoms with E-state index in [1.807, 2.05) is 20.9 Å². The number of hydrogen-bond acceptors (Lipinski definition) is 5. The molecule has 27 heavy (non-hydrogen) atoms. The molecule has 5 heteroatoms. The fourth-order valence-corrected chi connectivity index (χ4v) is 3.66. The Labute approximate surface area is 158 Å². The van der Waals surface area contributed by atoms with Crippen molar-refractivity contribution in [2.24, 2.45) is 0 Å². The van der Waals surface area contributed by atoms with Crippen LogP contribution in [-0.2, 0) is 13.1 Å². The van der Waals surface area contributed by atoms with Crippen molar-refractivity contribution >= 4 is 11.0 Å². The first-order chi connectivity index (χ1) is 12.8. The van der Waals surface area contributed by atoms with E-state index >= 15 is 0 Å². The van der Waals surface area contributed by atoms with Crippen molar-refractivity contribution in [2.75, 3.05) is 14.2 Å². The number of aryl methyl sites for hydroxylation is 3. The van der Waals surface area contributed by atoms with Gasteiger partial charge in [0.25, 0.3) is 0 Å². The first-order valence-corrected chi connectivity index (χ1v) is 8.88. The van der Waals surface area contributed by atoms with Gasteiger partial charge in [-0.3, -0.25) is 4.90 Å². The van der Waals surface area contributed by atoms with Gasteiger partial charge in [0.15, 0.2) is 0 Å². The van der Waals surface area contributed by atoms with Crippen LogP contribution in [0.2, 0.25) is 0 Å². The summed E-state index contributed by atoms with van der Waals surface area (Å²) in [6, 6.07) is 9.21. The van der Waals surface area contributed by atoms with Crippen LogP contribution in [0.25, 0.3) is 11.0 Å². The van der Waals surface area contributed by atoms with Crippen molar-refractivity contribution in [1.29, 1.82) is 0 Å². The minimum absolute atomic E-state index is 0.125. The zero-order chi connectivity index (χ0) is 19.7. The van der Waals surface area contributed by atoms with Crippen LogP contribution in [0.5, 0.6) is 11.5 Å². The SMILES string of the molecule is COc1c(C)cc(CN(C)Cc2cc(=O)oc3c(C)c(O)ccc23)cc1C. The number of methoxy groups -OCH3 is 1. The molecule has 0 saturated heterocycles. The minimum Gasteiger partial charge on any atom is -0.508 e. The van der Waals surface area contributed by atoms with Crippen LogP contribution in [0.1, 0.15) is 27.8 Å². The van der Waals surface area contributed by atoms with E-state index in [9.17, 15) is 9.90 Å². The van der Waals surface area contributed by atoms with Crippen LogP contribution < -0.4 is 10.4 Å². The maximum atomic E-state index is 12.0. The first kappa shape index (κ1) is 19.0. The number of nitrogens with zero attached hydrogens (tertiary/aromatic N) is 1. The van der Waals surface area contributed by atoms with Crippen molar-refractivity contribution in [3.63, 3.8) is 0 Å². The smallest absolute Gasteiger partial charge is 0.336 e. The second-order valence-corrected chi connectivity index (χ2v) is 7.11. The van der Waals surface area contributed by atoms with Gasteiger partial charge in [-0.15, -0.1) is 0 Å². The van der Waals surface area contributed by atoms with Gasteiger partial charge in [-0.1, -0.05) is 12.1 Å². The lowest BCUT2D eigenvalue weighted by Crippen LogP contribution is -2.19. The summed E-state index contributed by atoms with van der Waals surface area (Å²) >= 11 is 0. The molecule has 0 aliphatic carbocycles. The maximum Gasteiger partial charge on any atom is 0.336 e. The average molecular weight is 367 g/mol. The van der Waals surface area contributed by atoms with Crippen molar-refractivity contribution in [3.05, 3.63) is 68.6 Å². The second-order valence-electron chi connectivity index (χ2n) is 7.11. The lowest BCUT2D eigenvalue weighted by Gasteiger charge is -2.19. The number of benzene rings is 2. The second kappa shape index (κ2) is 7.45. The average Bonchev–Trinajstić information content (AvgIpc) is 2.58. The molecule has 0 atom stereocenters. The molecule has 1 aromatic heterocycles. The van der Waals surface area contributed by atoms with Gasteiger partial charge in [0.2, 0.25) is 0 Å². The molecular weight excluding hydrogens is 342 g/mol. The van der Waals surface area contributed by atoms with E-state index in [-0.39, 0.29) is 5.75 Å². The molecule has 2 aromatic carbocycles. The molecule has 0 radical (unpaired) electrons. The Morgan fingerprint density at radius 2 is 1.74 bits per heavy atom. The maximum absolute atomic E-state index is 12.0. The summed E-state index contributed by atoms with van der Waals surface area (Å²) in [6.07, 6.45) is 0. The fourth-order valence-electron chi connectivity index (χ4n) is 3.66. The van der Waals surface area contributed by atoms with E-state index < -0.39 is 5.63 Å². The molecule has 0 bridgehead atoms. The Kier molecular flexibility index (Phi) is 5.24. The van der Waals surface area contributed by atoms with Crippen LogP contribution >= 0.6 is 0 Å². The van der Waals surface area contributed by atoms with Crippen LogP contribution in [0.4, 0.5) is 0 Å². The Morgan fingerprint density at radius 1 is 1.07 bits per heavy atom. The predicted molar refractivity (Wildman–Crippen MR) is 107 cm³/mol. The highest BCUT2D eigenvalue weighted by molar-refractivity contribution is 5.84.